The molecule has 0 amide bonds. The van der Waals surface area contributed by atoms with E-state index in [-0.39, 0.29) is 5.82 Å². The second-order valence-electron chi connectivity index (χ2n) is 3.17. The van der Waals surface area contributed by atoms with E-state index in [9.17, 15) is 0 Å². The van der Waals surface area contributed by atoms with Crippen molar-refractivity contribution in [2.45, 2.75) is 26.1 Å². The van der Waals surface area contributed by atoms with Crippen LogP contribution in [-0.4, -0.2) is 7.85 Å². The Bertz CT molecular complexity index is 211. The molecular weight excluding hydrogens is 131 g/mol. The molecule has 1 heteroatoms. The van der Waals surface area contributed by atoms with Crippen LogP contribution < -0.4 is 0 Å². The molecule has 2 radical (unpaired) electrons. The molecule has 0 aliphatic heterocycles. The number of hydrogen-bond donors (Lipinski definition) is 0. The minimum Gasteiger partial charge on any atom is -0.0762 e. The third-order valence-corrected chi connectivity index (χ3v) is 1.68. The van der Waals surface area contributed by atoms with Gasteiger partial charge >= 0.3 is 0 Å². The Kier molecular flexibility index (Phi) is 2.75. The molecule has 1 aromatic rings. The summed E-state index contributed by atoms with van der Waals surface area (Å²) in [6, 6.07) is 8.52. The van der Waals surface area contributed by atoms with Crippen LogP contribution in [0.1, 0.15) is 18.1 Å². The van der Waals surface area contributed by atoms with E-state index in [2.05, 4.69) is 31.2 Å². The standard InChI is InChI=1S/C10H13B/c1-8-3-5-10(6-4-8)7-9(2)11/h3-6,9H,7H2,1-2H3. The monoisotopic (exact) mass is 144 g/mol. The molecule has 0 saturated heterocycles. The lowest BCUT2D eigenvalue weighted by Gasteiger charge is -2.04. The fourth-order valence-corrected chi connectivity index (χ4v) is 1.10. The van der Waals surface area contributed by atoms with Gasteiger partial charge in [0.15, 0.2) is 0 Å². The van der Waals surface area contributed by atoms with Crippen LogP contribution in [0.2, 0.25) is 5.82 Å². The first-order valence-corrected chi connectivity index (χ1v) is 3.99. The third-order valence-electron chi connectivity index (χ3n) is 1.68. The molecule has 0 bridgehead atoms. The summed E-state index contributed by atoms with van der Waals surface area (Å²) < 4.78 is 0. The number of rotatable bonds is 2. The van der Waals surface area contributed by atoms with Crippen LogP contribution in [0.25, 0.3) is 0 Å². The molecule has 1 unspecified atom stereocenters. The smallest absolute Gasteiger partial charge is 0.0700 e. The summed E-state index contributed by atoms with van der Waals surface area (Å²) in [5.41, 5.74) is 2.63. The van der Waals surface area contributed by atoms with Crippen molar-refractivity contribution in [2.24, 2.45) is 0 Å². The van der Waals surface area contributed by atoms with E-state index >= 15 is 0 Å². The lowest BCUT2D eigenvalue weighted by atomic mass is 9.84. The molecule has 11 heavy (non-hydrogen) atoms. The van der Waals surface area contributed by atoms with Crippen LogP contribution in [0.4, 0.5) is 0 Å². The number of benzene rings is 1. The Labute approximate surface area is 70.0 Å². The van der Waals surface area contributed by atoms with Gasteiger partial charge in [0.05, 0.1) is 7.85 Å². The summed E-state index contributed by atoms with van der Waals surface area (Å²) in [5.74, 6) is 0.262. The van der Waals surface area contributed by atoms with Crippen molar-refractivity contribution in [1.29, 1.82) is 0 Å². The minimum atomic E-state index is 0.262. The normalized spacial score (nSPS) is 12.9. The molecule has 56 valence electrons. The first kappa shape index (κ1) is 8.38. The highest BCUT2D eigenvalue weighted by molar-refractivity contribution is 6.11. The highest BCUT2D eigenvalue weighted by Gasteiger charge is 1.95. The summed E-state index contributed by atoms with van der Waals surface area (Å²) >= 11 is 0. The quantitative estimate of drug-likeness (QED) is 0.559. The number of aryl methyl sites for hydroxylation is 1. The SMILES string of the molecule is [B]C(C)Cc1ccc(C)cc1. The molecular formula is C10H13B. The van der Waals surface area contributed by atoms with E-state index in [0.717, 1.165) is 6.42 Å². The first-order chi connectivity index (χ1) is 5.18. The Balaban J connectivity index is 2.66. The lowest BCUT2D eigenvalue weighted by molar-refractivity contribution is 0.915. The second-order valence-corrected chi connectivity index (χ2v) is 3.17. The molecule has 0 saturated carbocycles. The van der Waals surface area contributed by atoms with Crippen molar-refractivity contribution in [3.05, 3.63) is 35.4 Å². The van der Waals surface area contributed by atoms with E-state index in [4.69, 9.17) is 7.85 Å². The highest BCUT2D eigenvalue weighted by atomic mass is 14.0. The highest BCUT2D eigenvalue weighted by Crippen LogP contribution is 2.10. The van der Waals surface area contributed by atoms with Gasteiger partial charge < -0.3 is 0 Å². The maximum absolute atomic E-state index is 5.66. The van der Waals surface area contributed by atoms with E-state index in [1.807, 2.05) is 6.92 Å². The molecule has 0 aliphatic rings. The fraction of sp³-hybridized carbons (Fsp3) is 0.400. The van der Waals surface area contributed by atoms with Gasteiger partial charge in [-0.1, -0.05) is 42.6 Å². The van der Waals surface area contributed by atoms with Crippen LogP contribution in [0.3, 0.4) is 0 Å². The summed E-state index contributed by atoms with van der Waals surface area (Å²) in [4.78, 5) is 0. The van der Waals surface area contributed by atoms with Crippen LogP contribution in [0.15, 0.2) is 24.3 Å². The van der Waals surface area contributed by atoms with Gasteiger partial charge in [0.2, 0.25) is 0 Å². The Morgan fingerprint density at radius 1 is 1.27 bits per heavy atom. The minimum absolute atomic E-state index is 0.262. The van der Waals surface area contributed by atoms with Crippen molar-refractivity contribution in [1.82, 2.24) is 0 Å². The molecule has 0 aliphatic carbocycles. The molecule has 1 atom stereocenters. The predicted octanol–water partition coefficient (Wildman–Crippen LogP) is 2.51. The molecule has 1 rings (SSSR count). The average molecular weight is 144 g/mol. The summed E-state index contributed by atoms with van der Waals surface area (Å²) in [5, 5.41) is 0. The maximum atomic E-state index is 5.66. The Morgan fingerprint density at radius 2 is 1.82 bits per heavy atom. The molecule has 0 fully saturated rings. The van der Waals surface area contributed by atoms with Gasteiger partial charge in [-0.15, -0.1) is 0 Å². The zero-order chi connectivity index (χ0) is 8.27. The van der Waals surface area contributed by atoms with Gasteiger partial charge in [0.25, 0.3) is 0 Å². The van der Waals surface area contributed by atoms with Gasteiger partial charge in [0.1, 0.15) is 0 Å². The van der Waals surface area contributed by atoms with E-state index in [1.165, 1.54) is 11.1 Å². The lowest BCUT2D eigenvalue weighted by Crippen LogP contribution is -1.91. The zero-order valence-electron chi connectivity index (χ0n) is 7.17. The molecule has 0 nitrogen and oxygen atoms in total. The summed E-state index contributed by atoms with van der Waals surface area (Å²) in [7, 11) is 5.66. The van der Waals surface area contributed by atoms with Gasteiger partial charge in [0, 0.05) is 0 Å². The van der Waals surface area contributed by atoms with Gasteiger partial charge in [-0.05, 0) is 18.9 Å². The largest absolute Gasteiger partial charge is 0.0762 e. The zero-order valence-corrected chi connectivity index (χ0v) is 7.17. The molecule has 0 N–H and O–H groups in total. The van der Waals surface area contributed by atoms with E-state index in [1.54, 1.807) is 0 Å². The molecule has 0 aromatic heterocycles. The van der Waals surface area contributed by atoms with Gasteiger partial charge in [-0.25, -0.2) is 0 Å². The van der Waals surface area contributed by atoms with E-state index in [0.29, 0.717) is 0 Å². The van der Waals surface area contributed by atoms with Crippen molar-refractivity contribution in [3.8, 4) is 0 Å². The van der Waals surface area contributed by atoms with Crippen LogP contribution >= 0.6 is 0 Å². The molecule has 0 heterocycles. The number of hydrogen-bond acceptors (Lipinski definition) is 0. The van der Waals surface area contributed by atoms with Crippen LogP contribution in [0.5, 0.6) is 0 Å². The van der Waals surface area contributed by atoms with Crippen molar-refractivity contribution >= 4 is 7.85 Å². The molecule has 1 aromatic carbocycles. The molecule has 0 spiro atoms. The maximum Gasteiger partial charge on any atom is 0.0700 e. The van der Waals surface area contributed by atoms with E-state index < -0.39 is 0 Å². The van der Waals surface area contributed by atoms with Crippen molar-refractivity contribution in [2.75, 3.05) is 0 Å². The van der Waals surface area contributed by atoms with Crippen molar-refractivity contribution < 1.29 is 0 Å². The Morgan fingerprint density at radius 3 is 2.27 bits per heavy atom. The fourth-order valence-electron chi connectivity index (χ4n) is 1.10. The summed E-state index contributed by atoms with van der Waals surface area (Å²) in [6.07, 6.45) is 0.972. The second kappa shape index (κ2) is 3.61. The van der Waals surface area contributed by atoms with Gasteiger partial charge in [-0.2, -0.15) is 0 Å². The average Bonchev–Trinajstić information content (AvgIpc) is 1.93. The van der Waals surface area contributed by atoms with Crippen LogP contribution in [0, 0.1) is 6.92 Å². The Hall–Kier alpha value is -0.715. The first-order valence-electron chi connectivity index (χ1n) is 3.99. The third kappa shape index (κ3) is 2.79. The summed E-state index contributed by atoms with van der Waals surface area (Å²) in [6.45, 7) is 4.12. The van der Waals surface area contributed by atoms with Crippen LogP contribution in [-0.2, 0) is 6.42 Å². The topological polar surface area (TPSA) is 0 Å². The van der Waals surface area contributed by atoms with Crippen molar-refractivity contribution in [3.63, 3.8) is 0 Å². The van der Waals surface area contributed by atoms with Gasteiger partial charge in [-0.3, -0.25) is 0 Å². The predicted molar refractivity (Wildman–Crippen MR) is 50.1 cm³/mol.